The average Bonchev–Trinajstić information content (AvgIpc) is 3.00. The minimum Gasteiger partial charge on any atom is -0.204 e. The van der Waals surface area contributed by atoms with Crippen LogP contribution in [0.3, 0.4) is 0 Å². The van der Waals surface area contributed by atoms with Gasteiger partial charge in [-0.2, -0.15) is 0 Å². The largest absolute Gasteiger partial charge is 0.204 e. The minimum absolute atomic E-state index is 0.797. The first kappa shape index (κ1) is 33.5. The summed E-state index contributed by atoms with van der Waals surface area (Å²) in [4.78, 5) is 0. The van der Waals surface area contributed by atoms with E-state index in [9.17, 15) is 57.1 Å². The second-order valence-electron chi connectivity index (χ2n) is 8.67. The molecule has 0 aliphatic carbocycles. The molecule has 0 aromatic heterocycles. The van der Waals surface area contributed by atoms with Crippen LogP contribution in [0.25, 0.3) is 0 Å². The first-order chi connectivity index (χ1) is 20.7. The van der Waals surface area contributed by atoms with Gasteiger partial charge in [0.2, 0.25) is 11.6 Å². The Balaban J connectivity index is 2.52. The summed E-state index contributed by atoms with van der Waals surface area (Å²) < 4.78 is 278. The lowest BCUT2D eigenvalue weighted by molar-refractivity contribution is 0.346. The van der Waals surface area contributed by atoms with Gasteiger partial charge in [0.05, 0.1) is 0 Å². The fraction of sp³-hybridized carbons (Fsp3) is 0.0400. The molecule has 0 spiro atoms. The van der Waals surface area contributed by atoms with E-state index < -0.39 is 151 Å². The zero-order chi connectivity index (χ0) is 34.2. The van der Waals surface area contributed by atoms with E-state index in [2.05, 4.69) is 0 Å². The van der Waals surface area contributed by atoms with E-state index in [-0.39, 0.29) is 0 Å². The molecule has 4 rings (SSSR count). The van der Waals surface area contributed by atoms with Crippen molar-refractivity contribution < 1.29 is 83.4 Å². The van der Waals surface area contributed by atoms with Gasteiger partial charge in [-0.3, -0.25) is 0 Å². The standard InChI is InChI=1S/C25HBF19/c27-2-1-3(28)9(30)4(8(2)29)25(5-10(31)16(37)22(43)17(38)11(5)32,6-12(33)18(39)23(44)19(40)13(6)34)26-7-14(35)20(41)24(45)21(42)15(7)36/h1H. The Morgan fingerprint density at radius 3 is 0.800 bits per heavy atom. The van der Waals surface area contributed by atoms with Gasteiger partial charge in [0, 0.05) is 28.1 Å². The maximum Gasteiger partial charge on any atom is 0.200 e. The highest BCUT2D eigenvalue weighted by atomic mass is 19.2. The minimum atomic E-state index is -5.47. The number of rotatable bonds is 5. The second kappa shape index (κ2) is 11.2. The third-order valence-corrected chi connectivity index (χ3v) is 6.32. The van der Waals surface area contributed by atoms with Crippen LogP contribution in [-0.4, -0.2) is 7.28 Å². The highest BCUT2D eigenvalue weighted by molar-refractivity contribution is 6.59. The fourth-order valence-electron chi connectivity index (χ4n) is 4.38. The van der Waals surface area contributed by atoms with Crippen molar-refractivity contribution in [2.24, 2.45) is 0 Å². The van der Waals surface area contributed by atoms with Crippen molar-refractivity contribution in [2.45, 2.75) is 5.31 Å². The second-order valence-corrected chi connectivity index (χ2v) is 8.67. The summed E-state index contributed by atoms with van der Waals surface area (Å²) in [6.45, 7) is 0. The molecule has 0 aliphatic heterocycles. The number of halogens is 19. The quantitative estimate of drug-likeness (QED) is 0.0672. The maximum absolute atomic E-state index is 15.3. The number of hydrogen-bond acceptors (Lipinski definition) is 0. The molecular formula is C25HBF19. The van der Waals surface area contributed by atoms with Crippen molar-refractivity contribution >= 4 is 12.7 Å². The molecule has 0 fully saturated rings. The summed E-state index contributed by atoms with van der Waals surface area (Å²) in [6.07, 6.45) is 0. The molecule has 237 valence electrons. The molecule has 0 amide bonds. The number of benzene rings is 4. The van der Waals surface area contributed by atoms with Crippen LogP contribution in [0.2, 0.25) is 0 Å². The summed E-state index contributed by atoms with van der Waals surface area (Å²) in [5.74, 6) is -61.9. The Bertz CT molecular complexity index is 1750. The molecule has 45 heavy (non-hydrogen) atoms. The van der Waals surface area contributed by atoms with Gasteiger partial charge in [0.15, 0.2) is 106 Å². The van der Waals surface area contributed by atoms with Crippen LogP contribution < -0.4 is 5.46 Å². The van der Waals surface area contributed by atoms with Crippen LogP contribution in [0.15, 0.2) is 6.07 Å². The molecule has 0 heterocycles. The van der Waals surface area contributed by atoms with Crippen LogP contribution >= 0.6 is 0 Å². The Morgan fingerprint density at radius 1 is 0.289 bits per heavy atom. The van der Waals surface area contributed by atoms with Gasteiger partial charge in [0.1, 0.15) is 0 Å². The van der Waals surface area contributed by atoms with Gasteiger partial charge < -0.3 is 0 Å². The van der Waals surface area contributed by atoms with Crippen molar-refractivity contribution in [1.29, 1.82) is 0 Å². The lowest BCUT2D eigenvalue weighted by Crippen LogP contribution is -2.50. The van der Waals surface area contributed by atoms with Crippen molar-refractivity contribution in [2.75, 3.05) is 0 Å². The zero-order valence-electron chi connectivity index (χ0n) is 20.3. The monoisotopic (exact) mass is 673 g/mol. The lowest BCUT2D eigenvalue weighted by atomic mass is 9.40. The predicted octanol–water partition coefficient (Wildman–Crippen LogP) is 7.65. The van der Waals surface area contributed by atoms with Gasteiger partial charge in [0.25, 0.3) is 0 Å². The average molecular weight is 673 g/mol. The third kappa shape index (κ3) is 4.58. The molecule has 20 heteroatoms. The van der Waals surface area contributed by atoms with E-state index in [0.29, 0.717) is 0 Å². The Labute approximate surface area is 235 Å². The van der Waals surface area contributed by atoms with Gasteiger partial charge in [-0.1, -0.05) is 0 Å². The van der Waals surface area contributed by atoms with E-state index in [1.165, 1.54) is 0 Å². The topological polar surface area (TPSA) is 0 Å². The molecule has 0 nitrogen and oxygen atoms in total. The summed E-state index contributed by atoms with van der Waals surface area (Å²) in [5, 5.41) is -5.47. The van der Waals surface area contributed by atoms with Crippen LogP contribution in [0.5, 0.6) is 0 Å². The smallest absolute Gasteiger partial charge is 0.200 e. The van der Waals surface area contributed by atoms with Crippen molar-refractivity contribution in [3.63, 3.8) is 0 Å². The van der Waals surface area contributed by atoms with Crippen LogP contribution in [0.1, 0.15) is 16.7 Å². The van der Waals surface area contributed by atoms with Crippen LogP contribution in [0.4, 0.5) is 83.4 Å². The van der Waals surface area contributed by atoms with E-state index in [1.54, 1.807) is 0 Å². The SMILES string of the molecule is Fc1cc(F)c(F)c(C([B]c2c(F)c(F)c(F)c(F)c2F)(c2c(F)c(F)c(F)c(F)c2F)c2c(F)c(F)c(F)c(F)c2F)c1F. The van der Waals surface area contributed by atoms with Crippen molar-refractivity contribution in [1.82, 2.24) is 0 Å². The molecule has 4 aromatic rings. The first-order valence-electron chi connectivity index (χ1n) is 11.0. The van der Waals surface area contributed by atoms with Gasteiger partial charge in [-0.25, -0.2) is 83.4 Å². The highest BCUT2D eigenvalue weighted by Crippen LogP contribution is 2.48. The summed E-state index contributed by atoms with van der Waals surface area (Å²) in [5.41, 5.74) is -12.6. The normalized spacial score (nSPS) is 11.9. The maximum atomic E-state index is 15.3. The molecule has 0 aliphatic rings. The highest BCUT2D eigenvalue weighted by Gasteiger charge is 2.54. The van der Waals surface area contributed by atoms with Crippen molar-refractivity contribution in [3.05, 3.63) is 133 Å². The van der Waals surface area contributed by atoms with Gasteiger partial charge in [-0.15, -0.1) is 0 Å². The molecule has 0 unspecified atom stereocenters. The summed E-state index contributed by atoms with van der Waals surface area (Å²) in [6, 6.07) is -0.797. The van der Waals surface area contributed by atoms with E-state index in [4.69, 9.17) is 0 Å². The Kier molecular flexibility index (Phi) is 8.34. The molecule has 0 bridgehead atoms. The zero-order valence-corrected chi connectivity index (χ0v) is 20.3. The van der Waals surface area contributed by atoms with Crippen LogP contribution in [-0.2, 0) is 5.31 Å². The number of hydrogen-bond donors (Lipinski definition) is 0. The molecule has 4 aromatic carbocycles. The molecule has 1 radical (unpaired) electrons. The van der Waals surface area contributed by atoms with E-state index in [0.717, 1.165) is 0 Å². The third-order valence-electron chi connectivity index (χ3n) is 6.32. The Hall–Kier alpha value is -4.39. The molecular weight excluding hydrogens is 672 g/mol. The summed E-state index contributed by atoms with van der Waals surface area (Å²) >= 11 is 0. The molecule has 0 saturated carbocycles. The van der Waals surface area contributed by atoms with Gasteiger partial charge in [-0.05, 0) is 5.46 Å². The lowest BCUT2D eigenvalue weighted by Gasteiger charge is -2.37. The van der Waals surface area contributed by atoms with Gasteiger partial charge >= 0.3 is 0 Å². The molecule has 0 N–H and O–H groups in total. The Morgan fingerprint density at radius 2 is 0.511 bits per heavy atom. The predicted molar refractivity (Wildman–Crippen MR) is 110 cm³/mol. The fourth-order valence-corrected chi connectivity index (χ4v) is 4.38. The van der Waals surface area contributed by atoms with E-state index in [1.807, 2.05) is 0 Å². The van der Waals surface area contributed by atoms with Crippen molar-refractivity contribution in [3.8, 4) is 0 Å². The molecule has 0 saturated heterocycles. The van der Waals surface area contributed by atoms with Crippen LogP contribution in [0, 0.1) is 111 Å². The summed E-state index contributed by atoms with van der Waals surface area (Å²) in [7, 11) is -1.35. The van der Waals surface area contributed by atoms with E-state index >= 15 is 26.3 Å². The first-order valence-corrected chi connectivity index (χ1v) is 11.0. The molecule has 0 atom stereocenters.